The Bertz CT molecular complexity index is 317. The van der Waals surface area contributed by atoms with Gasteiger partial charge < -0.3 is 10.1 Å². The molecule has 16 heavy (non-hydrogen) atoms. The van der Waals surface area contributed by atoms with Crippen LogP contribution in [0, 0.1) is 0 Å². The van der Waals surface area contributed by atoms with E-state index in [9.17, 15) is 31.1 Å². The van der Waals surface area contributed by atoms with Crippen molar-refractivity contribution in [1.82, 2.24) is 5.32 Å². The van der Waals surface area contributed by atoms with Crippen molar-refractivity contribution in [2.75, 3.05) is 6.61 Å². The second kappa shape index (κ2) is 3.37. The summed E-state index contributed by atoms with van der Waals surface area (Å²) in [5.41, 5.74) is -5.16. The van der Waals surface area contributed by atoms with Crippen molar-refractivity contribution < 1.29 is 35.9 Å². The molecule has 0 unspecified atom stereocenters. The van der Waals surface area contributed by atoms with Crippen molar-refractivity contribution in [2.24, 2.45) is 0 Å². The Kier molecular flexibility index (Phi) is 2.70. The Labute approximate surface area is 85.1 Å². The first-order valence-electron chi connectivity index (χ1n) is 3.79. The monoisotopic (exact) mass is 249 g/mol. The SMILES string of the molecule is C=C1COC(C(F)(F)F)(C(F)(F)F)NC1=O. The predicted molar refractivity (Wildman–Crippen MR) is 38.1 cm³/mol. The van der Waals surface area contributed by atoms with Crippen LogP contribution in [0.5, 0.6) is 0 Å². The second-order valence-electron chi connectivity index (χ2n) is 3.02. The molecule has 9 heteroatoms. The summed E-state index contributed by atoms with van der Waals surface area (Å²) in [6.45, 7) is 1.82. The van der Waals surface area contributed by atoms with Crippen molar-refractivity contribution in [3.8, 4) is 0 Å². The number of hydrogen-bond acceptors (Lipinski definition) is 2. The third-order valence-corrected chi connectivity index (χ3v) is 1.87. The molecule has 0 radical (unpaired) electrons. The Hall–Kier alpha value is -1.25. The minimum Gasteiger partial charge on any atom is -0.336 e. The topological polar surface area (TPSA) is 38.3 Å². The van der Waals surface area contributed by atoms with Crippen LogP contribution < -0.4 is 5.32 Å². The normalized spacial score (nSPS) is 21.9. The molecule has 3 nitrogen and oxygen atoms in total. The highest BCUT2D eigenvalue weighted by molar-refractivity contribution is 5.94. The molecule has 1 rings (SSSR count). The zero-order valence-electron chi connectivity index (χ0n) is 7.50. The van der Waals surface area contributed by atoms with Gasteiger partial charge in [0.25, 0.3) is 5.91 Å². The van der Waals surface area contributed by atoms with Crippen LogP contribution in [0.2, 0.25) is 0 Å². The van der Waals surface area contributed by atoms with Crippen LogP contribution >= 0.6 is 0 Å². The van der Waals surface area contributed by atoms with E-state index in [1.54, 1.807) is 0 Å². The summed E-state index contributed by atoms with van der Waals surface area (Å²) in [5.74, 6) is -1.54. The van der Waals surface area contributed by atoms with E-state index in [4.69, 9.17) is 0 Å². The summed E-state index contributed by atoms with van der Waals surface area (Å²) in [5, 5.41) is 0.749. The molecule has 1 N–H and O–H groups in total. The van der Waals surface area contributed by atoms with Crippen LogP contribution in [0.4, 0.5) is 26.3 Å². The molecule has 0 bridgehead atoms. The van der Waals surface area contributed by atoms with Gasteiger partial charge in [-0.1, -0.05) is 6.58 Å². The van der Waals surface area contributed by atoms with Crippen LogP contribution in [0.3, 0.4) is 0 Å². The zero-order chi connectivity index (χ0) is 12.8. The lowest BCUT2D eigenvalue weighted by Gasteiger charge is -2.40. The first-order valence-corrected chi connectivity index (χ1v) is 3.79. The molecule has 0 saturated carbocycles. The average molecular weight is 249 g/mol. The largest absolute Gasteiger partial charge is 0.446 e. The Morgan fingerprint density at radius 2 is 1.62 bits per heavy atom. The molecule has 1 fully saturated rings. The first-order chi connectivity index (χ1) is 7.01. The van der Waals surface area contributed by atoms with E-state index in [1.807, 2.05) is 0 Å². The van der Waals surface area contributed by atoms with Crippen LogP contribution in [0.15, 0.2) is 12.2 Å². The van der Waals surface area contributed by atoms with Crippen LogP contribution in [-0.4, -0.2) is 30.6 Å². The minimum atomic E-state index is -5.80. The third kappa shape index (κ3) is 1.75. The maximum Gasteiger partial charge on any atom is 0.446 e. The Morgan fingerprint density at radius 1 is 1.19 bits per heavy atom. The van der Waals surface area contributed by atoms with Gasteiger partial charge in [-0.3, -0.25) is 4.79 Å². The zero-order valence-corrected chi connectivity index (χ0v) is 7.50. The highest BCUT2D eigenvalue weighted by Gasteiger charge is 2.74. The number of hydrogen-bond donors (Lipinski definition) is 1. The van der Waals surface area contributed by atoms with Crippen LogP contribution in [0.25, 0.3) is 0 Å². The number of amides is 1. The molecule has 0 aliphatic carbocycles. The molecular weight excluding hydrogens is 244 g/mol. The molecule has 0 atom stereocenters. The number of carbonyl (C=O) groups is 1. The predicted octanol–water partition coefficient (Wildman–Crippen LogP) is 1.51. The quantitative estimate of drug-likeness (QED) is 0.522. The van der Waals surface area contributed by atoms with E-state index >= 15 is 0 Å². The van der Waals surface area contributed by atoms with Gasteiger partial charge in [0.15, 0.2) is 0 Å². The van der Waals surface area contributed by atoms with Gasteiger partial charge in [-0.15, -0.1) is 0 Å². The van der Waals surface area contributed by atoms with Gasteiger partial charge in [0.2, 0.25) is 0 Å². The molecule has 1 aliphatic heterocycles. The molecule has 0 aromatic rings. The molecule has 0 spiro atoms. The summed E-state index contributed by atoms with van der Waals surface area (Å²) in [4.78, 5) is 10.8. The summed E-state index contributed by atoms with van der Waals surface area (Å²) in [7, 11) is 0. The molecule has 0 aromatic carbocycles. The fraction of sp³-hybridized carbons (Fsp3) is 0.571. The van der Waals surface area contributed by atoms with E-state index in [-0.39, 0.29) is 0 Å². The van der Waals surface area contributed by atoms with E-state index in [1.165, 1.54) is 0 Å². The number of ether oxygens (including phenoxy) is 1. The molecule has 1 saturated heterocycles. The van der Waals surface area contributed by atoms with Crippen molar-refractivity contribution in [3.05, 3.63) is 12.2 Å². The van der Waals surface area contributed by atoms with Gasteiger partial charge in [-0.25, -0.2) is 0 Å². The number of alkyl halides is 6. The smallest absolute Gasteiger partial charge is 0.336 e. The van der Waals surface area contributed by atoms with Gasteiger partial charge >= 0.3 is 18.1 Å². The Balaban J connectivity index is 3.19. The highest BCUT2D eigenvalue weighted by Crippen LogP contribution is 2.45. The van der Waals surface area contributed by atoms with Crippen molar-refractivity contribution >= 4 is 5.91 Å². The molecule has 92 valence electrons. The highest BCUT2D eigenvalue weighted by atomic mass is 19.4. The lowest BCUT2D eigenvalue weighted by molar-refractivity contribution is -0.390. The maximum atomic E-state index is 12.3. The fourth-order valence-electron chi connectivity index (χ4n) is 1.01. The first kappa shape index (κ1) is 12.8. The maximum absolute atomic E-state index is 12.3. The van der Waals surface area contributed by atoms with Crippen molar-refractivity contribution in [1.29, 1.82) is 0 Å². The van der Waals surface area contributed by atoms with Crippen molar-refractivity contribution in [3.63, 3.8) is 0 Å². The third-order valence-electron chi connectivity index (χ3n) is 1.87. The van der Waals surface area contributed by atoms with E-state index in [0.29, 0.717) is 0 Å². The van der Waals surface area contributed by atoms with Gasteiger partial charge in [0.1, 0.15) is 0 Å². The number of nitrogens with one attached hydrogen (secondary N) is 1. The second-order valence-corrected chi connectivity index (χ2v) is 3.02. The number of carbonyl (C=O) groups excluding carboxylic acids is 1. The summed E-state index contributed by atoms with van der Waals surface area (Å²) in [6, 6.07) is 0. The lowest BCUT2D eigenvalue weighted by atomic mass is 10.1. The fourth-order valence-corrected chi connectivity index (χ4v) is 1.01. The minimum absolute atomic E-state index is 0.510. The average Bonchev–Trinajstić information content (AvgIpc) is 2.05. The van der Waals surface area contributed by atoms with E-state index < -0.39 is 36.2 Å². The van der Waals surface area contributed by atoms with Gasteiger partial charge in [0, 0.05) is 5.57 Å². The van der Waals surface area contributed by atoms with Crippen LogP contribution in [0.1, 0.15) is 0 Å². The summed E-state index contributed by atoms with van der Waals surface area (Å²) in [6.07, 6.45) is -11.6. The lowest BCUT2D eigenvalue weighted by Crippen LogP contribution is -2.71. The van der Waals surface area contributed by atoms with Crippen molar-refractivity contribution in [2.45, 2.75) is 18.1 Å². The van der Waals surface area contributed by atoms with Gasteiger partial charge in [-0.2, -0.15) is 26.3 Å². The Morgan fingerprint density at radius 3 is 1.94 bits per heavy atom. The molecule has 1 amide bonds. The molecular formula is C7H5F6NO2. The summed E-state index contributed by atoms with van der Waals surface area (Å²) >= 11 is 0. The number of rotatable bonds is 0. The molecule has 1 heterocycles. The van der Waals surface area contributed by atoms with Gasteiger partial charge in [0.05, 0.1) is 6.61 Å². The number of halogens is 6. The molecule has 1 aliphatic rings. The van der Waals surface area contributed by atoms with E-state index in [2.05, 4.69) is 11.3 Å². The van der Waals surface area contributed by atoms with E-state index in [0.717, 1.165) is 5.32 Å². The summed E-state index contributed by atoms with van der Waals surface area (Å²) < 4.78 is 77.5. The van der Waals surface area contributed by atoms with Crippen LogP contribution in [-0.2, 0) is 9.53 Å². The molecule has 0 aromatic heterocycles. The van der Waals surface area contributed by atoms with Gasteiger partial charge in [-0.05, 0) is 0 Å². The standard InChI is InChI=1S/C7H5F6NO2/c1-3-2-16-5(6(8,9)10,7(11,12)13)14-4(3)15/h1-2H2,(H,14,15).